The number of carbonyl (C=O) groups is 1. The lowest BCUT2D eigenvalue weighted by atomic mass is 9.81. The van der Waals surface area contributed by atoms with E-state index in [0.29, 0.717) is 24.8 Å². The number of aromatic nitrogens is 2. The lowest BCUT2D eigenvalue weighted by molar-refractivity contribution is -0.134. The van der Waals surface area contributed by atoms with E-state index in [2.05, 4.69) is 80.4 Å². The number of hydrogen-bond donors (Lipinski definition) is 0. The summed E-state index contributed by atoms with van der Waals surface area (Å²) in [6.07, 6.45) is 0. The van der Waals surface area contributed by atoms with Gasteiger partial charge in [-0.25, -0.2) is 0 Å². The van der Waals surface area contributed by atoms with Crippen molar-refractivity contribution >= 4 is 5.91 Å². The second-order valence-corrected chi connectivity index (χ2v) is 10.1. The van der Waals surface area contributed by atoms with Gasteiger partial charge in [0.15, 0.2) is 0 Å². The molecule has 39 heavy (non-hydrogen) atoms. The van der Waals surface area contributed by atoms with E-state index < -0.39 is 0 Å². The fourth-order valence-corrected chi connectivity index (χ4v) is 6.09. The number of rotatable bonds is 8. The fourth-order valence-electron chi connectivity index (χ4n) is 6.09. The average molecular weight is 532 g/mol. The van der Waals surface area contributed by atoms with Crippen LogP contribution < -0.4 is 14.2 Å². The molecule has 2 saturated heterocycles. The number of fused-ring (bicyclic) bond motifs is 1. The monoisotopic (exact) mass is 531 g/mol. The highest BCUT2D eigenvalue weighted by Crippen LogP contribution is 2.37. The van der Waals surface area contributed by atoms with Crippen molar-refractivity contribution in [1.29, 1.82) is 0 Å². The second-order valence-electron chi connectivity index (χ2n) is 10.1. The highest BCUT2D eigenvalue weighted by molar-refractivity contribution is 5.73. The standard InChI is InChI=1S/C30H37N5O4/c1-21(36)34-15-16-35-24(18-34)17-33(19-25-28(37-2)31-30(39-4)32-29(25)38-3)20-26(35)27(22-11-7-5-8-12-22)23-13-9-6-10-14-23/h5-14,24,26-27H,15-20H2,1-4H3/t24-,26?/m1/s1. The first-order chi connectivity index (χ1) is 19.0. The largest absolute Gasteiger partial charge is 0.481 e. The molecule has 9 nitrogen and oxygen atoms in total. The van der Waals surface area contributed by atoms with Crippen LogP contribution in [-0.2, 0) is 11.3 Å². The van der Waals surface area contributed by atoms with Gasteiger partial charge in [-0.15, -0.1) is 0 Å². The smallest absolute Gasteiger partial charge is 0.322 e. The van der Waals surface area contributed by atoms with Gasteiger partial charge in [-0.1, -0.05) is 60.7 Å². The highest BCUT2D eigenvalue weighted by Gasteiger charge is 2.43. The van der Waals surface area contributed by atoms with Crippen LogP contribution in [0, 0.1) is 0 Å². The van der Waals surface area contributed by atoms with Crippen molar-refractivity contribution in [3.05, 3.63) is 77.4 Å². The first-order valence-corrected chi connectivity index (χ1v) is 13.4. The molecule has 206 valence electrons. The van der Waals surface area contributed by atoms with Crippen LogP contribution in [0.2, 0.25) is 0 Å². The van der Waals surface area contributed by atoms with Crippen molar-refractivity contribution in [2.75, 3.05) is 54.1 Å². The van der Waals surface area contributed by atoms with E-state index in [9.17, 15) is 4.79 Å². The molecule has 2 aromatic carbocycles. The molecule has 2 fully saturated rings. The Hall–Kier alpha value is -3.69. The molecule has 5 rings (SSSR count). The van der Waals surface area contributed by atoms with Crippen LogP contribution in [0.3, 0.4) is 0 Å². The van der Waals surface area contributed by atoms with Crippen molar-refractivity contribution in [3.8, 4) is 17.8 Å². The summed E-state index contributed by atoms with van der Waals surface area (Å²) in [7, 11) is 4.71. The topological polar surface area (TPSA) is 80.3 Å². The maximum Gasteiger partial charge on any atom is 0.322 e. The Morgan fingerprint density at radius 2 is 1.44 bits per heavy atom. The number of hydrogen-bond acceptors (Lipinski definition) is 8. The fraction of sp³-hybridized carbons (Fsp3) is 0.433. The van der Waals surface area contributed by atoms with Crippen molar-refractivity contribution in [2.24, 2.45) is 0 Å². The molecule has 0 N–H and O–H groups in total. The van der Waals surface area contributed by atoms with Gasteiger partial charge < -0.3 is 19.1 Å². The second kappa shape index (κ2) is 12.0. The number of carbonyl (C=O) groups excluding carboxylic acids is 1. The molecule has 1 unspecified atom stereocenters. The van der Waals surface area contributed by atoms with Crippen molar-refractivity contribution in [1.82, 2.24) is 24.7 Å². The van der Waals surface area contributed by atoms with E-state index in [1.807, 2.05) is 4.90 Å². The third-order valence-electron chi connectivity index (χ3n) is 7.88. The van der Waals surface area contributed by atoms with Gasteiger partial charge in [0.25, 0.3) is 0 Å². The Labute approximate surface area is 230 Å². The summed E-state index contributed by atoms with van der Waals surface area (Å²) in [5.74, 6) is 1.17. The maximum absolute atomic E-state index is 12.4. The maximum atomic E-state index is 12.4. The van der Waals surface area contributed by atoms with Gasteiger partial charge in [0.1, 0.15) is 0 Å². The van der Waals surface area contributed by atoms with E-state index in [0.717, 1.165) is 31.7 Å². The summed E-state index contributed by atoms with van der Waals surface area (Å²) in [4.78, 5) is 28.2. The van der Waals surface area contributed by atoms with Crippen LogP contribution in [0.1, 0.15) is 29.5 Å². The first-order valence-electron chi connectivity index (χ1n) is 13.4. The molecule has 2 atom stereocenters. The zero-order valence-electron chi connectivity index (χ0n) is 23.1. The van der Waals surface area contributed by atoms with Crippen molar-refractivity contribution in [2.45, 2.75) is 31.5 Å². The molecule has 3 aromatic rings. The van der Waals surface area contributed by atoms with Crippen LogP contribution in [0.15, 0.2) is 60.7 Å². The molecule has 2 aliphatic heterocycles. The predicted molar refractivity (Wildman–Crippen MR) is 148 cm³/mol. The average Bonchev–Trinajstić information content (AvgIpc) is 2.98. The minimum Gasteiger partial charge on any atom is -0.481 e. The molecule has 1 amide bonds. The summed E-state index contributed by atoms with van der Waals surface area (Å²) in [5, 5.41) is 0. The quantitative estimate of drug-likeness (QED) is 0.439. The third kappa shape index (κ3) is 5.69. The zero-order chi connectivity index (χ0) is 27.4. The van der Waals surface area contributed by atoms with Crippen LogP contribution in [0.5, 0.6) is 17.8 Å². The number of nitrogens with zero attached hydrogens (tertiary/aromatic N) is 5. The third-order valence-corrected chi connectivity index (χ3v) is 7.88. The van der Waals surface area contributed by atoms with E-state index in [1.54, 1.807) is 21.1 Å². The lowest BCUT2D eigenvalue weighted by Crippen LogP contribution is -2.67. The van der Waals surface area contributed by atoms with Gasteiger partial charge in [0.2, 0.25) is 17.7 Å². The summed E-state index contributed by atoms with van der Waals surface area (Å²) in [6, 6.07) is 22.1. The number of methoxy groups -OCH3 is 3. The molecule has 9 heteroatoms. The van der Waals surface area contributed by atoms with Gasteiger partial charge in [0.05, 0.1) is 26.9 Å². The summed E-state index contributed by atoms with van der Waals surface area (Å²) in [6.45, 7) is 6.12. The summed E-state index contributed by atoms with van der Waals surface area (Å²) >= 11 is 0. The molecule has 0 radical (unpaired) electrons. The van der Waals surface area contributed by atoms with E-state index in [4.69, 9.17) is 14.2 Å². The van der Waals surface area contributed by atoms with E-state index in [1.165, 1.54) is 18.2 Å². The number of benzene rings is 2. The van der Waals surface area contributed by atoms with Gasteiger partial charge in [-0.05, 0) is 11.1 Å². The zero-order valence-corrected chi connectivity index (χ0v) is 23.1. The number of ether oxygens (including phenoxy) is 3. The van der Waals surface area contributed by atoms with Crippen LogP contribution in [0.4, 0.5) is 0 Å². The number of piperazine rings is 2. The molecule has 0 spiro atoms. The molecule has 2 aliphatic rings. The van der Waals surface area contributed by atoms with Crippen molar-refractivity contribution in [3.63, 3.8) is 0 Å². The van der Waals surface area contributed by atoms with Gasteiger partial charge in [-0.2, -0.15) is 9.97 Å². The summed E-state index contributed by atoms with van der Waals surface area (Å²) < 4.78 is 16.5. The SMILES string of the molecule is COc1nc(OC)c(CN2CC(C(c3ccccc3)c3ccccc3)N3CCN(C(C)=O)C[C@H]3C2)c(OC)n1. The predicted octanol–water partition coefficient (Wildman–Crippen LogP) is 3.05. The van der Waals surface area contributed by atoms with Gasteiger partial charge in [-0.3, -0.25) is 14.6 Å². The molecule has 0 aliphatic carbocycles. The molecule has 0 saturated carbocycles. The Kier molecular flexibility index (Phi) is 8.28. The van der Waals surface area contributed by atoms with E-state index >= 15 is 0 Å². The summed E-state index contributed by atoms with van der Waals surface area (Å²) in [5.41, 5.74) is 3.35. The molecular weight excluding hydrogens is 494 g/mol. The molecule has 1 aromatic heterocycles. The van der Waals surface area contributed by atoms with E-state index in [-0.39, 0.29) is 29.9 Å². The van der Waals surface area contributed by atoms with Crippen molar-refractivity contribution < 1.29 is 19.0 Å². The minimum absolute atomic E-state index is 0.123. The Balaban J connectivity index is 1.54. The van der Waals surface area contributed by atoms with Gasteiger partial charge >= 0.3 is 6.01 Å². The van der Waals surface area contributed by atoms with Crippen LogP contribution >= 0.6 is 0 Å². The normalized spacial score (nSPS) is 20.0. The van der Waals surface area contributed by atoms with Crippen LogP contribution in [0.25, 0.3) is 0 Å². The van der Waals surface area contributed by atoms with Gasteiger partial charge in [0, 0.05) is 64.2 Å². The Morgan fingerprint density at radius 1 is 0.846 bits per heavy atom. The molecule has 0 bridgehead atoms. The Bertz CT molecular complexity index is 1190. The molecular formula is C30H37N5O4. The Morgan fingerprint density at radius 3 is 1.95 bits per heavy atom. The first kappa shape index (κ1) is 26.9. The highest BCUT2D eigenvalue weighted by atomic mass is 16.5. The lowest BCUT2D eigenvalue weighted by Gasteiger charge is -2.53. The molecule has 3 heterocycles. The van der Waals surface area contributed by atoms with Crippen LogP contribution in [-0.4, -0.2) is 96.7 Å². The number of amides is 1. The minimum atomic E-state index is 0.123.